The second-order valence-corrected chi connectivity index (χ2v) is 0.380. The fourth-order valence-corrected chi connectivity index (χ4v) is 0.0272. The van der Waals surface area contributed by atoms with Gasteiger partial charge in [0.1, 0.15) is 0 Å². The Kier molecular flexibility index (Phi) is 6.28. The third-order valence-corrected chi connectivity index (χ3v) is 0.100. The molecule has 0 aliphatic carbocycles. The summed E-state index contributed by atoms with van der Waals surface area (Å²) in [6.07, 6.45) is 0. The Morgan fingerprint density at radius 2 is 2.14 bits per heavy atom. The summed E-state index contributed by atoms with van der Waals surface area (Å²) < 4.78 is 0. The van der Waals surface area contributed by atoms with E-state index < -0.39 is 5.09 Å². The van der Waals surface area contributed by atoms with Crippen molar-refractivity contribution < 1.29 is 10.0 Å². The van der Waals surface area contributed by atoms with Gasteiger partial charge in [-0.2, -0.15) is 0 Å². The molecule has 7 heteroatoms. The van der Waals surface area contributed by atoms with Crippen LogP contribution in [0, 0.1) is 15.0 Å². The smallest absolute Gasteiger partial charge is 0.344 e. The van der Waals surface area contributed by atoms with E-state index in [9.17, 15) is 0 Å². The Morgan fingerprint density at radius 3 is 2.14 bits per heavy atom. The summed E-state index contributed by atoms with van der Waals surface area (Å²) in [5, 5.41) is 9.08. The molecule has 0 unspecified atom stereocenters. The molecule has 0 bridgehead atoms. The molecule has 0 aromatic heterocycles. The quantitative estimate of drug-likeness (QED) is 0.305. The van der Waals surface area contributed by atoms with Crippen LogP contribution in [0.4, 0.5) is 0 Å². The first-order chi connectivity index (χ1) is 2.77. The van der Waals surface area contributed by atoms with Gasteiger partial charge < -0.3 is 6.15 Å². The minimum absolute atomic E-state index is 0. The highest BCUT2D eigenvalue weighted by Gasteiger charge is 1.82. The molecule has 0 aliphatic heterocycles. The molecule has 0 spiro atoms. The maximum atomic E-state index is 8.89. The average Bonchev–Trinajstić information content (AvgIpc) is 1.35. The van der Waals surface area contributed by atoms with Gasteiger partial charge in [-0.25, -0.2) is 10.1 Å². The first kappa shape index (κ1) is 9.23. The molecule has 0 rings (SSSR count). The summed E-state index contributed by atoms with van der Waals surface area (Å²) in [6, 6.07) is 0. The van der Waals surface area contributed by atoms with Crippen molar-refractivity contribution in [3.63, 3.8) is 0 Å². The van der Waals surface area contributed by atoms with Gasteiger partial charge in [-0.15, -0.1) is 4.94 Å². The van der Waals surface area contributed by atoms with Crippen molar-refractivity contribution in [1.29, 1.82) is 0 Å². The predicted octanol–water partition coefficient (Wildman–Crippen LogP) is 0.0381. The minimum atomic E-state index is -1.30. The Balaban J connectivity index is 0. The third kappa shape index (κ3) is 11.7. The van der Waals surface area contributed by atoms with E-state index in [1.165, 1.54) is 5.34 Å². The normalized spacial score (nSPS) is 5.71. The van der Waals surface area contributed by atoms with E-state index in [0.717, 1.165) is 0 Å². The van der Waals surface area contributed by atoms with Crippen LogP contribution in [0.5, 0.6) is 0 Å². The molecule has 0 atom stereocenters. The molecule has 7 heavy (non-hydrogen) atoms. The number of hydrogen-bond donors (Lipinski definition) is 1. The van der Waals surface area contributed by atoms with Gasteiger partial charge in [-0.1, -0.05) is 0 Å². The van der Waals surface area contributed by atoms with E-state index in [0.29, 0.717) is 0 Å². The van der Waals surface area contributed by atoms with Gasteiger partial charge in [0.25, 0.3) is 0 Å². The molecule has 7 nitrogen and oxygen atoms in total. The second-order valence-electron chi connectivity index (χ2n) is 0.380. The summed E-state index contributed by atoms with van der Waals surface area (Å²) in [7, 11) is 0. The minimum Gasteiger partial charge on any atom is -0.344 e. The summed E-state index contributed by atoms with van der Waals surface area (Å²) in [5.74, 6) is 0. The van der Waals surface area contributed by atoms with Gasteiger partial charge in [-0.3, -0.25) is 0 Å². The topological polar surface area (TPSA) is 117 Å². The van der Waals surface area contributed by atoms with Gasteiger partial charge in [0.05, 0.1) is 0 Å². The molecule has 0 aromatic carbocycles. The van der Waals surface area contributed by atoms with E-state index in [-0.39, 0.29) is 6.15 Å². The molecule has 0 fully saturated rings. The lowest BCUT2D eigenvalue weighted by molar-refractivity contribution is -0.760. The van der Waals surface area contributed by atoms with Crippen molar-refractivity contribution in [2.45, 2.75) is 0 Å². The molecule has 0 heterocycles. The van der Waals surface area contributed by atoms with Crippen LogP contribution in [0.3, 0.4) is 0 Å². The number of nitrogens with zero attached hydrogens (tertiary/aromatic N) is 2. The Bertz CT molecular complexity index is 67.3. The molecule has 3 N–H and O–H groups in total. The molecule has 0 amide bonds. The lowest BCUT2D eigenvalue weighted by Crippen LogP contribution is -1.90. The Morgan fingerprint density at radius 1 is 1.71 bits per heavy atom. The second kappa shape index (κ2) is 4.76. The zero-order chi connectivity index (χ0) is 4.99. The molecule has 0 saturated heterocycles. The van der Waals surface area contributed by atoms with Crippen LogP contribution in [-0.4, -0.2) is 5.09 Å². The number of rotatable bonds is 2. The number of hydrogen-bond acceptors (Lipinski definition) is 6. The van der Waals surface area contributed by atoms with Gasteiger partial charge >= 0.3 is 5.34 Å². The monoisotopic (exact) mass is 109 g/mol. The summed E-state index contributed by atoms with van der Waals surface area (Å²) >= 11 is 0. The van der Waals surface area contributed by atoms with Crippen molar-refractivity contribution in [2.24, 2.45) is 5.34 Å². The van der Waals surface area contributed by atoms with E-state index in [1.54, 1.807) is 0 Å². The molecule has 0 radical (unpaired) electrons. The fourth-order valence-electron chi connectivity index (χ4n) is 0.0272. The van der Waals surface area contributed by atoms with Gasteiger partial charge in [0.15, 0.2) is 5.09 Å². The van der Waals surface area contributed by atoms with E-state index >= 15 is 0 Å². The Labute approximate surface area is 37.9 Å². The van der Waals surface area contributed by atoms with Crippen LogP contribution < -0.4 is 6.15 Å². The Hall–Kier alpha value is -1.24. The van der Waals surface area contributed by atoms with Crippen LogP contribution in [0.2, 0.25) is 0 Å². The SMILES string of the molecule is N.O=NO[N+](=O)[O-]. The van der Waals surface area contributed by atoms with Gasteiger partial charge in [0.2, 0.25) is 0 Å². The van der Waals surface area contributed by atoms with E-state index in [1.807, 2.05) is 0 Å². The van der Waals surface area contributed by atoms with Crippen LogP contribution in [0.25, 0.3) is 0 Å². The third-order valence-electron chi connectivity index (χ3n) is 0.100. The van der Waals surface area contributed by atoms with Gasteiger partial charge in [0, 0.05) is 4.91 Å². The van der Waals surface area contributed by atoms with Gasteiger partial charge in [-0.05, 0) is 0 Å². The summed E-state index contributed by atoms with van der Waals surface area (Å²) in [4.78, 5) is 20.4. The fraction of sp³-hybridized carbons (Fsp3) is 0. The molecule has 0 aliphatic rings. The first-order valence-corrected chi connectivity index (χ1v) is 0.913. The molecule has 42 valence electrons. The van der Waals surface area contributed by atoms with Crippen molar-refractivity contribution in [2.75, 3.05) is 0 Å². The van der Waals surface area contributed by atoms with Crippen molar-refractivity contribution >= 4 is 0 Å². The highest BCUT2D eigenvalue weighted by molar-refractivity contribution is 3.92. The lowest BCUT2D eigenvalue weighted by atomic mass is 13.0. The predicted molar refractivity (Wildman–Crippen MR) is 18.9 cm³/mol. The maximum Gasteiger partial charge on any atom is 0.354 e. The standard InChI is InChI=1S/N2O4.H3N/c3-1-6-2(4)5;/h;1H3. The largest absolute Gasteiger partial charge is 0.354 e. The first-order valence-electron chi connectivity index (χ1n) is 0.913. The van der Waals surface area contributed by atoms with Crippen LogP contribution in [0.1, 0.15) is 0 Å². The zero-order valence-corrected chi connectivity index (χ0v) is 3.23. The van der Waals surface area contributed by atoms with Crippen LogP contribution >= 0.6 is 0 Å². The zero-order valence-electron chi connectivity index (χ0n) is 3.23. The highest BCUT2D eigenvalue weighted by atomic mass is 17.0. The van der Waals surface area contributed by atoms with Crippen molar-refractivity contribution in [3.05, 3.63) is 15.0 Å². The average molecular weight is 109 g/mol. The summed E-state index contributed by atoms with van der Waals surface area (Å²) in [6.45, 7) is 0. The molecule has 0 saturated carbocycles. The highest BCUT2D eigenvalue weighted by Crippen LogP contribution is 1.68. The molecule has 0 aromatic rings. The molecular weight excluding hydrogens is 106 g/mol. The van der Waals surface area contributed by atoms with Crippen LogP contribution in [-0.2, 0) is 4.94 Å². The maximum absolute atomic E-state index is 8.89. The summed E-state index contributed by atoms with van der Waals surface area (Å²) in [5.41, 5.74) is 0. The van der Waals surface area contributed by atoms with Crippen LogP contribution in [0.15, 0.2) is 5.34 Å². The van der Waals surface area contributed by atoms with Crippen molar-refractivity contribution in [3.8, 4) is 0 Å². The van der Waals surface area contributed by atoms with Crippen molar-refractivity contribution in [1.82, 2.24) is 6.15 Å². The van der Waals surface area contributed by atoms with E-state index in [2.05, 4.69) is 4.94 Å². The van der Waals surface area contributed by atoms with E-state index in [4.69, 9.17) is 15.0 Å². The molecular formula is H3N3O4. The lowest BCUT2D eigenvalue weighted by Gasteiger charge is -1.74.